The molecule has 1 unspecified atom stereocenters. The molecule has 0 spiro atoms. The highest BCUT2D eigenvalue weighted by Crippen LogP contribution is 2.23. The van der Waals surface area contributed by atoms with Crippen LogP contribution in [-0.4, -0.2) is 50.8 Å². The lowest BCUT2D eigenvalue weighted by molar-refractivity contribution is 0.173. The van der Waals surface area contributed by atoms with Crippen molar-refractivity contribution in [1.82, 2.24) is 4.31 Å². The molecule has 0 saturated carbocycles. The number of benzene rings is 1. The molecule has 1 atom stereocenters. The molecule has 1 aliphatic rings. The van der Waals surface area contributed by atoms with E-state index in [1.54, 1.807) is 19.1 Å². The average Bonchev–Trinajstić information content (AvgIpc) is 2.46. The lowest BCUT2D eigenvalue weighted by atomic mass is 10.1. The van der Waals surface area contributed by atoms with Gasteiger partial charge in [-0.2, -0.15) is 4.31 Å². The molecule has 1 aliphatic heterocycles. The molecule has 0 aromatic heterocycles. The molecule has 0 bridgehead atoms. The van der Waals surface area contributed by atoms with E-state index in [2.05, 4.69) is 0 Å². The Morgan fingerprint density at radius 1 is 1.29 bits per heavy atom. The molecule has 21 heavy (non-hydrogen) atoms. The zero-order valence-electron chi connectivity index (χ0n) is 11.8. The van der Waals surface area contributed by atoms with E-state index in [9.17, 15) is 21.9 Å². The summed E-state index contributed by atoms with van der Waals surface area (Å²) < 4.78 is 49.0. The Kier molecular flexibility index (Phi) is 4.72. The fraction of sp³-hybridized carbons (Fsp3) is 0.538. The van der Waals surface area contributed by atoms with Crippen LogP contribution in [0.3, 0.4) is 0 Å². The summed E-state index contributed by atoms with van der Waals surface area (Å²) in [6, 6.07) is 6.17. The van der Waals surface area contributed by atoms with Crippen LogP contribution >= 0.6 is 0 Å². The van der Waals surface area contributed by atoms with Gasteiger partial charge >= 0.3 is 0 Å². The smallest absolute Gasteiger partial charge is 0.243 e. The van der Waals surface area contributed by atoms with Gasteiger partial charge in [0.25, 0.3) is 0 Å². The molecule has 1 aromatic carbocycles. The molecule has 1 heterocycles. The van der Waals surface area contributed by atoms with Crippen LogP contribution in [-0.2, 0) is 19.9 Å². The van der Waals surface area contributed by atoms with E-state index in [4.69, 9.17) is 0 Å². The van der Waals surface area contributed by atoms with Gasteiger partial charge in [0.2, 0.25) is 10.0 Å². The second kappa shape index (κ2) is 6.04. The monoisotopic (exact) mass is 333 g/mol. The van der Waals surface area contributed by atoms with Crippen LogP contribution in [0.1, 0.15) is 25.0 Å². The standard InChI is InChI=1S/C13H19NO5S2/c1-2-13(15)11-4-3-5-12(10-11)21(18,19)14-6-8-20(16,17)9-7-14/h3-5,10,13,15H,2,6-9H2,1H3. The van der Waals surface area contributed by atoms with Crippen molar-refractivity contribution >= 4 is 19.9 Å². The summed E-state index contributed by atoms with van der Waals surface area (Å²) in [5.74, 6) is -0.299. The number of sulfone groups is 1. The highest BCUT2D eigenvalue weighted by molar-refractivity contribution is 7.92. The molecule has 2 rings (SSSR count). The summed E-state index contributed by atoms with van der Waals surface area (Å²) in [4.78, 5) is 0.0896. The maximum atomic E-state index is 12.5. The number of sulfonamides is 1. The van der Waals surface area contributed by atoms with E-state index in [0.717, 1.165) is 0 Å². The number of aliphatic hydroxyl groups is 1. The Morgan fingerprint density at radius 2 is 1.90 bits per heavy atom. The zero-order chi connectivity index (χ0) is 15.7. The summed E-state index contributed by atoms with van der Waals surface area (Å²) in [7, 11) is -6.85. The van der Waals surface area contributed by atoms with Gasteiger partial charge in [0.15, 0.2) is 9.84 Å². The van der Waals surface area contributed by atoms with Crippen LogP contribution in [0.4, 0.5) is 0 Å². The first-order chi connectivity index (χ1) is 9.76. The van der Waals surface area contributed by atoms with Gasteiger partial charge in [0.1, 0.15) is 0 Å². The van der Waals surface area contributed by atoms with E-state index in [1.807, 2.05) is 0 Å². The molecule has 1 fully saturated rings. The van der Waals surface area contributed by atoms with E-state index in [1.165, 1.54) is 16.4 Å². The Balaban J connectivity index is 2.28. The van der Waals surface area contributed by atoms with Crippen LogP contribution in [0, 0.1) is 0 Å². The van der Waals surface area contributed by atoms with Crippen molar-refractivity contribution in [3.8, 4) is 0 Å². The van der Waals surface area contributed by atoms with Gasteiger partial charge in [-0.05, 0) is 24.1 Å². The Morgan fingerprint density at radius 3 is 2.48 bits per heavy atom. The Bertz CT molecular complexity index is 698. The second-order valence-corrected chi connectivity index (χ2v) is 9.29. The van der Waals surface area contributed by atoms with Crippen molar-refractivity contribution in [3.63, 3.8) is 0 Å². The maximum Gasteiger partial charge on any atom is 0.243 e. The van der Waals surface area contributed by atoms with Gasteiger partial charge in [-0.25, -0.2) is 16.8 Å². The predicted molar refractivity (Wildman–Crippen MR) is 79.1 cm³/mol. The highest BCUT2D eigenvalue weighted by Gasteiger charge is 2.31. The summed E-state index contributed by atoms with van der Waals surface area (Å²) in [6.45, 7) is 1.76. The average molecular weight is 333 g/mol. The van der Waals surface area contributed by atoms with Gasteiger partial charge < -0.3 is 5.11 Å². The van der Waals surface area contributed by atoms with Crippen molar-refractivity contribution < 1.29 is 21.9 Å². The first-order valence-electron chi connectivity index (χ1n) is 6.75. The number of hydrogen-bond donors (Lipinski definition) is 1. The largest absolute Gasteiger partial charge is 0.388 e. The van der Waals surface area contributed by atoms with E-state index >= 15 is 0 Å². The maximum absolute atomic E-state index is 12.5. The third-order valence-electron chi connectivity index (χ3n) is 3.57. The van der Waals surface area contributed by atoms with Gasteiger partial charge in [0, 0.05) is 13.1 Å². The Labute approximate surface area is 125 Å². The molecular formula is C13H19NO5S2. The predicted octanol–water partition coefficient (Wildman–Crippen LogP) is 0.549. The van der Waals surface area contributed by atoms with Gasteiger partial charge in [-0.1, -0.05) is 19.1 Å². The van der Waals surface area contributed by atoms with Crippen LogP contribution in [0.15, 0.2) is 29.2 Å². The van der Waals surface area contributed by atoms with Crippen molar-refractivity contribution in [2.45, 2.75) is 24.3 Å². The lowest BCUT2D eigenvalue weighted by Crippen LogP contribution is -2.43. The normalized spacial score (nSPS) is 21.0. The molecule has 1 aromatic rings. The summed E-state index contributed by atoms with van der Waals surface area (Å²) >= 11 is 0. The summed E-state index contributed by atoms with van der Waals surface area (Å²) in [5.41, 5.74) is 0.545. The molecule has 8 heteroatoms. The fourth-order valence-corrected chi connectivity index (χ4v) is 5.13. The SMILES string of the molecule is CCC(O)c1cccc(S(=O)(=O)N2CCS(=O)(=O)CC2)c1. The molecular weight excluding hydrogens is 314 g/mol. The molecule has 0 aliphatic carbocycles. The first kappa shape index (κ1) is 16.4. The fourth-order valence-electron chi connectivity index (χ4n) is 2.20. The molecule has 0 amide bonds. The third-order valence-corrected chi connectivity index (χ3v) is 7.07. The van der Waals surface area contributed by atoms with Crippen LogP contribution < -0.4 is 0 Å². The number of nitrogens with zero attached hydrogens (tertiary/aromatic N) is 1. The minimum Gasteiger partial charge on any atom is -0.388 e. The van der Waals surface area contributed by atoms with Crippen LogP contribution in [0.5, 0.6) is 0 Å². The number of rotatable bonds is 4. The first-order valence-corrected chi connectivity index (χ1v) is 10.0. The third kappa shape index (κ3) is 3.63. The van der Waals surface area contributed by atoms with E-state index < -0.39 is 26.0 Å². The van der Waals surface area contributed by atoms with Crippen LogP contribution in [0.25, 0.3) is 0 Å². The van der Waals surface area contributed by atoms with Gasteiger partial charge in [-0.3, -0.25) is 0 Å². The van der Waals surface area contributed by atoms with E-state index in [0.29, 0.717) is 12.0 Å². The molecule has 6 nitrogen and oxygen atoms in total. The molecule has 1 saturated heterocycles. The summed E-state index contributed by atoms with van der Waals surface area (Å²) in [6.07, 6.45) is -0.215. The lowest BCUT2D eigenvalue weighted by Gasteiger charge is -2.26. The van der Waals surface area contributed by atoms with E-state index in [-0.39, 0.29) is 29.5 Å². The number of hydrogen-bond acceptors (Lipinski definition) is 5. The molecule has 118 valence electrons. The van der Waals surface area contributed by atoms with Crippen molar-refractivity contribution in [3.05, 3.63) is 29.8 Å². The van der Waals surface area contributed by atoms with Gasteiger partial charge in [0.05, 0.1) is 22.5 Å². The van der Waals surface area contributed by atoms with Crippen molar-refractivity contribution in [2.24, 2.45) is 0 Å². The summed E-state index contributed by atoms with van der Waals surface area (Å²) in [5, 5.41) is 9.81. The van der Waals surface area contributed by atoms with Crippen molar-refractivity contribution in [2.75, 3.05) is 24.6 Å². The minimum absolute atomic E-state index is 0.0226. The molecule has 1 N–H and O–H groups in total. The van der Waals surface area contributed by atoms with Crippen LogP contribution in [0.2, 0.25) is 0 Å². The number of aliphatic hydroxyl groups excluding tert-OH is 1. The topological polar surface area (TPSA) is 91.8 Å². The zero-order valence-corrected chi connectivity index (χ0v) is 13.4. The second-order valence-electron chi connectivity index (χ2n) is 5.05. The molecule has 0 radical (unpaired) electrons. The quantitative estimate of drug-likeness (QED) is 0.869. The van der Waals surface area contributed by atoms with Crippen molar-refractivity contribution in [1.29, 1.82) is 0 Å². The Hall–Kier alpha value is -0.960. The van der Waals surface area contributed by atoms with Gasteiger partial charge in [-0.15, -0.1) is 0 Å². The highest BCUT2D eigenvalue weighted by atomic mass is 32.2. The minimum atomic E-state index is -3.72.